The maximum absolute atomic E-state index is 5.23. The van der Waals surface area contributed by atoms with Crippen LogP contribution in [-0.4, -0.2) is 88.3 Å². The first kappa shape index (κ1) is 15.7. The molecule has 4 heterocycles. The second kappa shape index (κ2) is 6.62. The van der Waals surface area contributed by atoms with Crippen LogP contribution < -0.4 is 4.90 Å². The molecule has 0 unspecified atom stereocenters. The predicted octanol–water partition coefficient (Wildman–Crippen LogP) is 0.0968. The average molecular weight is 331 g/mol. The molecule has 2 aliphatic rings. The Kier molecular flexibility index (Phi) is 4.34. The summed E-state index contributed by atoms with van der Waals surface area (Å²) in [7, 11) is 1.69. The molecular weight excluding hydrogens is 306 g/mol. The van der Waals surface area contributed by atoms with Gasteiger partial charge in [-0.15, -0.1) is 0 Å². The number of hydrogen-bond acceptors (Lipinski definition) is 7. The standard InChI is InChI=1S/C16H25N7O/c1-3-20-4-6-21(7-5-20)14-9-22(10-14)15-8-13(11-24-2)19-16-17-12-18-23(15)16/h8,12,14H,3-7,9-11H2,1-2H3. The van der Waals surface area contributed by atoms with Gasteiger partial charge in [-0.2, -0.15) is 14.6 Å². The molecule has 0 aromatic carbocycles. The smallest absolute Gasteiger partial charge is 0.254 e. The van der Waals surface area contributed by atoms with Crippen molar-refractivity contribution < 1.29 is 4.74 Å². The summed E-state index contributed by atoms with van der Waals surface area (Å²) in [6.45, 7) is 10.7. The SMILES string of the molecule is CCN1CCN(C2CN(c3cc(COC)nc4ncnn34)C2)CC1. The highest BCUT2D eigenvalue weighted by Gasteiger charge is 2.34. The number of ether oxygens (including phenoxy) is 1. The summed E-state index contributed by atoms with van der Waals surface area (Å²) < 4.78 is 7.05. The predicted molar refractivity (Wildman–Crippen MR) is 91.2 cm³/mol. The summed E-state index contributed by atoms with van der Waals surface area (Å²) in [5.74, 6) is 1.70. The van der Waals surface area contributed by atoms with Gasteiger partial charge in [0.1, 0.15) is 12.1 Å². The summed E-state index contributed by atoms with van der Waals surface area (Å²) in [5.41, 5.74) is 0.896. The van der Waals surface area contributed by atoms with Gasteiger partial charge in [-0.25, -0.2) is 4.98 Å². The van der Waals surface area contributed by atoms with E-state index >= 15 is 0 Å². The summed E-state index contributed by atoms with van der Waals surface area (Å²) in [4.78, 5) is 16.2. The lowest BCUT2D eigenvalue weighted by Crippen LogP contribution is -2.63. The van der Waals surface area contributed by atoms with Crippen LogP contribution in [-0.2, 0) is 11.3 Å². The highest BCUT2D eigenvalue weighted by molar-refractivity contribution is 5.49. The number of anilines is 1. The summed E-state index contributed by atoms with van der Waals surface area (Å²) >= 11 is 0. The maximum Gasteiger partial charge on any atom is 0.254 e. The summed E-state index contributed by atoms with van der Waals surface area (Å²) in [5, 5.41) is 4.32. The first-order valence-corrected chi connectivity index (χ1v) is 8.68. The molecule has 2 aromatic rings. The number of piperazine rings is 1. The fourth-order valence-corrected chi connectivity index (χ4v) is 3.61. The highest BCUT2D eigenvalue weighted by atomic mass is 16.5. The number of rotatable bonds is 5. The first-order chi connectivity index (χ1) is 11.8. The molecule has 0 amide bonds. The van der Waals surface area contributed by atoms with Crippen molar-refractivity contribution in [2.24, 2.45) is 0 Å². The molecule has 0 N–H and O–H groups in total. The van der Waals surface area contributed by atoms with Crippen molar-refractivity contribution in [2.75, 3.05) is 57.8 Å². The van der Waals surface area contributed by atoms with Gasteiger partial charge in [-0.1, -0.05) is 6.92 Å². The van der Waals surface area contributed by atoms with E-state index < -0.39 is 0 Å². The lowest BCUT2D eigenvalue weighted by molar-refractivity contribution is 0.0857. The van der Waals surface area contributed by atoms with Crippen LogP contribution in [0.25, 0.3) is 5.78 Å². The summed E-state index contributed by atoms with van der Waals surface area (Å²) in [6.07, 6.45) is 1.56. The molecule has 130 valence electrons. The monoisotopic (exact) mass is 331 g/mol. The Hall–Kier alpha value is -1.77. The Balaban J connectivity index is 1.45. The molecule has 0 saturated carbocycles. The molecule has 2 aliphatic heterocycles. The molecular formula is C16H25N7O. The molecule has 0 spiro atoms. The zero-order valence-electron chi connectivity index (χ0n) is 14.4. The molecule has 0 atom stereocenters. The van der Waals surface area contributed by atoms with Crippen molar-refractivity contribution in [3.05, 3.63) is 18.1 Å². The van der Waals surface area contributed by atoms with Gasteiger partial charge in [0.05, 0.1) is 12.3 Å². The van der Waals surface area contributed by atoms with Crippen LogP contribution in [0.3, 0.4) is 0 Å². The van der Waals surface area contributed by atoms with Crippen molar-refractivity contribution in [3.63, 3.8) is 0 Å². The van der Waals surface area contributed by atoms with Gasteiger partial charge < -0.3 is 14.5 Å². The van der Waals surface area contributed by atoms with Crippen LogP contribution in [0.4, 0.5) is 5.82 Å². The Morgan fingerprint density at radius 1 is 1.21 bits per heavy atom. The number of methoxy groups -OCH3 is 1. The second-order valence-corrected chi connectivity index (χ2v) is 6.54. The van der Waals surface area contributed by atoms with Crippen molar-refractivity contribution in [3.8, 4) is 0 Å². The first-order valence-electron chi connectivity index (χ1n) is 8.68. The van der Waals surface area contributed by atoms with E-state index in [1.54, 1.807) is 13.4 Å². The molecule has 24 heavy (non-hydrogen) atoms. The maximum atomic E-state index is 5.23. The fourth-order valence-electron chi connectivity index (χ4n) is 3.61. The van der Waals surface area contributed by atoms with Gasteiger partial charge in [0.2, 0.25) is 0 Å². The molecule has 2 fully saturated rings. The van der Waals surface area contributed by atoms with E-state index in [9.17, 15) is 0 Å². The van der Waals surface area contributed by atoms with Gasteiger partial charge >= 0.3 is 0 Å². The third-order valence-corrected chi connectivity index (χ3v) is 5.14. The van der Waals surface area contributed by atoms with Crippen LogP contribution in [0.2, 0.25) is 0 Å². The van der Waals surface area contributed by atoms with Crippen LogP contribution in [0.15, 0.2) is 12.4 Å². The van der Waals surface area contributed by atoms with Crippen molar-refractivity contribution in [1.29, 1.82) is 0 Å². The van der Waals surface area contributed by atoms with E-state index in [2.05, 4.69) is 42.8 Å². The van der Waals surface area contributed by atoms with E-state index in [0.717, 1.165) is 31.1 Å². The zero-order chi connectivity index (χ0) is 16.5. The molecule has 0 radical (unpaired) electrons. The molecule has 2 aromatic heterocycles. The van der Waals surface area contributed by atoms with E-state index in [4.69, 9.17) is 4.74 Å². The molecule has 2 saturated heterocycles. The van der Waals surface area contributed by atoms with Crippen LogP contribution in [0, 0.1) is 0 Å². The molecule has 8 nitrogen and oxygen atoms in total. The third-order valence-electron chi connectivity index (χ3n) is 5.14. The minimum atomic E-state index is 0.493. The lowest BCUT2D eigenvalue weighted by Gasteiger charge is -2.48. The Labute approximate surface area is 142 Å². The Morgan fingerprint density at radius 3 is 2.71 bits per heavy atom. The van der Waals surface area contributed by atoms with Crippen molar-refractivity contribution in [1.82, 2.24) is 29.4 Å². The largest absolute Gasteiger partial charge is 0.378 e. The van der Waals surface area contributed by atoms with E-state index in [1.165, 1.54) is 26.2 Å². The van der Waals surface area contributed by atoms with Crippen LogP contribution in [0.1, 0.15) is 12.6 Å². The Bertz CT molecular complexity index is 689. The quantitative estimate of drug-likeness (QED) is 0.770. The fraction of sp³-hybridized carbons (Fsp3) is 0.688. The van der Waals surface area contributed by atoms with Gasteiger partial charge in [-0.3, -0.25) is 4.90 Å². The molecule has 0 aliphatic carbocycles. The minimum absolute atomic E-state index is 0.493. The van der Waals surface area contributed by atoms with E-state index in [1.807, 2.05) is 4.52 Å². The molecule has 4 rings (SSSR count). The van der Waals surface area contributed by atoms with Crippen molar-refractivity contribution in [2.45, 2.75) is 19.6 Å². The number of likely N-dealkylation sites (N-methyl/N-ethyl adjacent to an activating group) is 1. The van der Waals surface area contributed by atoms with Gasteiger partial charge in [0.25, 0.3) is 5.78 Å². The van der Waals surface area contributed by atoms with Crippen molar-refractivity contribution >= 4 is 11.6 Å². The number of fused-ring (bicyclic) bond motifs is 1. The van der Waals surface area contributed by atoms with Crippen LogP contribution in [0.5, 0.6) is 0 Å². The minimum Gasteiger partial charge on any atom is -0.378 e. The lowest BCUT2D eigenvalue weighted by atomic mass is 10.1. The third kappa shape index (κ3) is 2.85. The highest BCUT2D eigenvalue weighted by Crippen LogP contribution is 2.25. The number of nitrogens with zero attached hydrogens (tertiary/aromatic N) is 7. The van der Waals surface area contributed by atoms with Gasteiger partial charge in [-0.05, 0) is 6.54 Å². The molecule has 8 heteroatoms. The topological polar surface area (TPSA) is 62.0 Å². The normalized spacial score (nSPS) is 20.7. The number of hydrogen-bond donors (Lipinski definition) is 0. The molecule has 0 bridgehead atoms. The average Bonchev–Trinajstić information content (AvgIpc) is 3.03. The van der Waals surface area contributed by atoms with E-state index in [0.29, 0.717) is 18.4 Å². The Morgan fingerprint density at radius 2 is 2.00 bits per heavy atom. The summed E-state index contributed by atoms with van der Waals surface area (Å²) in [6, 6.07) is 2.71. The zero-order valence-corrected chi connectivity index (χ0v) is 14.4. The number of aromatic nitrogens is 4. The van der Waals surface area contributed by atoms with Crippen LogP contribution >= 0.6 is 0 Å². The van der Waals surface area contributed by atoms with Gasteiger partial charge in [0.15, 0.2) is 0 Å². The second-order valence-electron chi connectivity index (χ2n) is 6.54. The van der Waals surface area contributed by atoms with Gasteiger partial charge in [0, 0.05) is 58.5 Å². The van der Waals surface area contributed by atoms with E-state index in [-0.39, 0.29) is 0 Å².